The van der Waals surface area contributed by atoms with Crippen LogP contribution >= 0.6 is 15.9 Å². The first-order valence-electron chi connectivity index (χ1n) is 10.8. The Morgan fingerprint density at radius 2 is 1.97 bits per heavy atom. The number of allylic oxidation sites excluding steroid dienone is 1. The van der Waals surface area contributed by atoms with Gasteiger partial charge in [-0.15, -0.1) is 6.58 Å². The molecule has 0 saturated carbocycles. The first-order chi connectivity index (χ1) is 15.9. The van der Waals surface area contributed by atoms with Crippen molar-refractivity contribution in [3.05, 3.63) is 87.4 Å². The monoisotopic (exact) mass is 509 g/mol. The molecule has 0 aliphatic heterocycles. The molecule has 0 bridgehead atoms. The topological polar surface area (TPSA) is 65.7 Å². The second-order valence-electron chi connectivity index (χ2n) is 7.68. The van der Waals surface area contributed by atoms with E-state index < -0.39 is 0 Å². The van der Waals surface area contributed by atoms with Gasteiger partial charge in [-0.3, -0.25) is 4.79 Å². The highest BCUT2D eigenvalue weighted by Gasteiger charge is 2.15. The van der Waals surface area contributed by atoms with Crippen LogP contribution in [-0.4, -0.2) is 29.1 Å². The Balaban J connectivity index is 2.14. The number of fused-ring (bicyclic) bond motifs is 1. The summed E-state index contributed by atoms with van der Waals surface area (Å²) in [5.41, 5.74) is 2.12. The SMILES string of the molecule is C=CCOc1c(CC=C)cc(C=Nn2c(C(C)C)nc3ccc(Br)cc3c2=O)cc1OCC. The maximum Gasteiger partial charge on any atom is 0.282 e. The summed E-state index contributed by atoms with van der Waals surface area (Å²) in [4.78, 5) is 18.0. The molecule has 2 aromatic carbocycles. The Morgan fingerprint density at radius 1 is 1.18 bits per heavy atom. The van der Waals surface area contributed by atoms with E-state index >= 15 is 0 Å². The lowest BCUT2D eigenvalue weighted by Gasteiger charge is -2.16. The lowest BCUT2D eigenvalue weighted by molar-refractivity contribution is 0.295. The maximum atomic E-state index is 13.3. The lowest BCUT2D eigenvalue weighted by atomic mass is 10.1. The molecule has 0 N–H and O–H groups in total. The van der Waals surface area contributed by atoms with Crippen LogP contribution in [0.15, 0.2) is 70.0 Å². The number of benzene rings is 2. The van der Waals surface area contributed by atoms with Crippen LogP contribution in [-0.2, 0) is 6.42 Å². The minimum absolute atomic E-state index is 0.00730. The Morgan fingerprint density at radius 3 is 2.64 bits per heavy atom. The highest BCUT2D eigenvalue weighted by atomic mass is 79.9. The molecule has 0 atom stereocenters. The minimum atomic E-state index is -0.219. The van der Waals surface area contributed by atoms with E-state index in [2.05, 4.69) is 34.2 Å². The predicted octanol–water partition coefficient (Wildman–Crippen LogP) is 5.86. The molecule has 172 valence electrons. The van der Waals surface area contributed by atoms with Crippen molar-refractivity contribution in [1.82, 2.24) is 9.66 Å². The molecule has 3 rings (SSSR count). The van der Waals surface area contributed by atoms with Crippen molar-refractivity contribution < 1.29 is 9.47 Å². The van der Waals surface area contributed by atoms with E-state index in [1.807, 2.05) is 45.0 Å². The molecule has 0 unspecified atom stereocenters. The van der Waals surface area contributed by atoms with Crippen molar-refractivity contribution >= 4 is 33.0 Å². The van der Waals surface area contributed by atoms with Crippen LogP contribution in [0.3, 0.4) is 0 Å². The van der Waals surface area contributed by atoms with E-state index in [-0.39, 0.29) is 11.5 Å². The van der Waals surface area contributed by atoms with E-state index in [0.717, 1.165) is 15.6 Å². The smallest absolute Gasteiger partial charge is 0.282 e. The van der Waals surface area contributed by atoms with Crippen molar-refractivity contribution in [3.8, 4) is 11.5 Å². The third kappa shape index (κ3) is 5.60. The largest absolute Gasteiger partial charge is 0.490 e. The number of rotatable bonds is 10. The summed E-state index contributed by atoms with van der Waals surface area (Å²) >= 11 is 3.43. The minimum Gasteiger partial charge on any atom is -0.490 e. The number of hydrogen-bond donors (Lipinski definition) is 0. The van der Waals surface area contributed by atoms with Crippen molar-refractivity contribution in [2.45, 2.75) is 33.1 Å². The van der Waals surface area contributed by atoms with Crippen LogP contribution in [0.2, 0.25) is 0 Å². The van der Waals surface area contributed by atoms with Gasteiger partial charge in [0.15, 0.2) is 11.5 Å². The molecule has 0 spiro atoms. The fraction of sp³-hybridized carbons (Fsp3) is 0.269. The summed E-state index contributed by atoms with van der Waals surface area (Å²) in [6.07, 6.45) is 5.73. The van der Waals surface area contributed by atoms with Gasteiger partial charge in [0.2, 0.25) is 0 Å². The Kier molecular flexibility index (Phi) is 8.22. The molecular weight excluding hydrogens is 482 g/mol. The van der Waals surface area contributed by atoms with Gasteiger partial charge in [-0.05, 0) is 49.2 Å². The fourth-order valence-corrected chi connectivity index (χ4v) is 3.77. The third-order valence-electron chi connectivity index (χ3n) is 4.84. The molecule has 6 nitrogen and oxygen atoms in total. The lowest BCUT2D eigenvalue weighted by Crippen LogP contribution is -2.23. The normalized spacial score (nSPS) is 11.3. The van der Waals surface area contributed by atoms with E-state index in [1.54, 1.807) is 24.4 Å². The van der Waals surface area contributed by atoms with Crippen molar-refractivity contribution in [3.63, 3.8) is 0 Å². The second-order valence-corrected chi connectivity index (χ2v) is 8.60. The summed E-state index contributed by atoms with van der Waals surface area (Å²) in [6, 6.07) is 9.28. The van der Waals surface area contributed by atoms with Crippen molar-refractivity contribution in [1.29, 1.82) is 0 Å². The van der Waals surface area contributed by atoms with Gasteiger partial charge in [0.25, 0.3) is 5.56 Å². The molecule has 1 aromatic heterocycles. The number of ether oxygens (including phenoxy) is 2. The summed E-state index contributed by atoms with van der Waals surface area (Å²) in [5, 5.41) is 5.04. The molecule has 0 aliphatic rings. The molecule has 0 saturated heterocycles. The second kappa shape index (κ2) is 11.1. The van der Waals surface area contributed by atoms with Crippen LogP contribution in [0.4, 0.5) is 0 Å². The van der Waals surface area contributed by atoms with Crippen LogP contribution in [0.1, 0.15) is 43.6 Å². The summed E-state index contributed by atoms with van der Waals surface area (Å²) in [7, 11) is 0. The van der Waals surface area contributed by atoms with E-state index in [9.17, 15) is 4.79 Å². The van der Waals surface area contributed by atoms with E-state index in [4.69, 9.17) is 14.5 Å². The average Bonchev–Trinajstić information content (AvgIpc) is 2.78. The Bertz CT molecular complexity index is 1260. The van der Waals surface area contributed by atoms with Gasteiger partial charge in [-0.25, -0.2) is 4.98 Å². The first kappa shape index (κ1) is 24.5. The fourth-order valence-electron chi connectivity index (χ4n) is 3.41. The van der Waals surface area contributed by atoms with E-state index in [0.29, 0.717) is 47.9 Å². The van der Waals surface area contributed by atoms with Crippen LogP contribution < -0.4 is 15.0 Å². The Hall–Kier alpha value is -3.19. The molecule has 7 heteroatoms. The van der Waals surface area contributed by atoms with Gasteiger partial charge in [0.1, 0.15) is 12.4 Å². The molecular formula is C26H28BrN3O3. The van der Waals surface area contributed by atoms with Crippen LogP contribution in [0.5, 0.6) is 11.5 Å². The third-order valence-corrected chi connectivity index (χ3v) is 5.33. The zero-order chi connectivity index (χ0) is 24.0. The van der Waals surface area contributed by atoms with E-state index in [1.165, 1.54) is 4.68 Å². The number of halogens is 1. The standard InChI is InChI=1S/C26H28BrN3O3/c1-6-9-19-13-18(14-23(32-8-3)24(19)33-12-7-2)16-28-30-25(17(4)5)29-22-11-10-20(27)15-21(22)26(30)31/h6-7,10-11,13-17H,1-2,8-9,12H2,3-5H3. The van der Waals surface area contributed by atoms with Crippen molar-refractivity contribution in [2.24, 2.45) is 5.10 Å². The predicted molar refractivity (Wildman–Crippen MR) is 138 cm³/mol. The van der Waals surface area contributed by atoms with Crippen LogP contribution in [0.25, 0.3) is 10.9 Å². The number of nitrogens with zero attached hydrogens (tertiary/aromatic N) is 3. The summed E-state index contributed by atoms with van der Waals surface area (Å²) in [5.74, 6) is 1.87. The van der Waals surface area contributed by atoms with Crippen molar-refractivity contribution in [2.75, 3.05) is 13.2 Å². The highest BCUT2D eigenvalue weighted by Crippen LogP contribution is 2.33. The molecule has 3 aromatic rings. The quantitative estimate of drug-likeness (QED) is 0.253. The highest BCUT2D eigenvalue weighted by molar-refractivity contribution is 9.10. The molecule has 0 fully saturated rings. The zero-order valence-corrected chi connectivity index (χ0v) is 20.8. The Labute approximate surface area is 202 Å². The molecule has 1 heterocycles. The van der Waals surface area contributed by atoms with Gasteiger partial charge >= 0.3 is 0 Å². The molecule has 0 radical (unpaired) electrons. The number of hydrogen-bond acceptors (Lipinski definition) is 5. The molecule has 33 heavy (non-hydrogen) atoms. The maximum absolute atomic E-state index is 13.3. The zero-order valence-electron chi connectivity index (χ0n) is 19.2. The first-order valence-corrected chi connectivity index (χ1v) is 11.6. The summed E-state index contributed by atoms with van der Waals surface area (Å²) < 4.78 is 13.9. The van der Waals surface area contributed by atoms with Gasteiger partial charge in [-0.2, -0.15) is 9.78 Å². The van der Waals surface area contributed by atoms with Gasteiger partial charge in [0, 0.05) is 16.0 Å². The summed E-state index contributed by atoms with van der Waals surface area (Å²) in [6.45, 7) is 14.3. The number of aromatic nitrogens is 2. The van der Waals surface area contributed by atoms with Gasteiger partial charge in [0.05, 0.1) is 23.7 Å². The molecule has 0 amide bonds. The molecule has 0 aliphatic carbocycles. The van der Waals surface area contributed by atoms with Gasteiger partial charge < -0.3 is 9.47 Å². The average molecular weight is 510 g/mol. The van der Waals surface area contributed by atoms with Crippen LogP contribution in [0, 0.1) is 0 Å². The van der Waals surface area contributed by atoms with Gasteiger partial charge in [-0.1, -0.05) is 48.5 Å².